The van der Waals surface area contributed by atoms with Crippen LogP contribution < -0.4 is 5.32 Å². The Hall–Kier alpha value is -2.11. The molecule has 0 radical (unpaired) electrons. The van der Waals surface area contributed by atoms with Gasteiger partial charge in [-0.25, -0.2) is 24.9 Å². The van der Waals surface area contributed by atoms with E-state index in [2.05, 4.69) is 30.2 Å². The van der Waals surface area contributed by atoms with E-state index in [1.54, 1.807) is 12.3 Å². The fraction of sp³-hybridized carbons (Fsp3) is 0. The van der Waals surface area contributed by atoms with Crippen LogP contribution in [0.5, 0.6) is 0 Å². The van der Waals surface area contributed by atoms with Crippen molar-refractivity contribution in [2.24, 2.45) is 0 Å². The predicted molar refractivity (Wildman–Crippen MR) is 45.1 cm³/mol. The second-order valence-corrected chi connectivity index (χ2v) is 2.18. The summed E-state index contributed by atoms with van der Waals surface area (Å²) < 4.78 is 0. The van der Waals surface area contributed by atoms with Crippen LogP contribution in [-0.2, 0) is 0 Å². The summed E-state index contributed by atoms with van der Waals surface area (Å²) in [7, 11) is 0. The topological polar surface area (TPSA) is 76.5 Å². The molecule has 6 nitrogen and oxygen atoms in total. The highest BCUT2D eigenvalue weighted by molar-refractivity contribution is 5.45. The van der Waals surface area contributed by atoms with E-state index >= 15 is 0 Å². The first-order valence-corrected chi connectivity index (χ1v) is 3.60. The van der Waals surface area contributed by atoms with E-state index in [-0.39, 0.29) is 0 Å². The van der Waals surface area contributed by atoms with Crippen LogP contribution in [-0.4, -0.2) is 24.9 Å². The maximum atomic E-state index is 3.95. The molecule has 0 unspecified atom stereocenters. The lowest BCUT2D eigenvalue weighted by Crippen LogP contribution is -1.98. The molecule has 1 N–H and O–H groups in total. The van der Waals surface area contributed by atoms with Gasteiger partial charge in [-0.15, -0.1) is 0 Å². The van der Waals surface area contributed by atoms with Gasteiger partial charge in [0.2, 0.25) is 5.95 Å². The summed E-state index contributed by atoms with van der Waals surface area (Å²) in [6.45, 7) is 0. The maximum Gasteiger partial charge on any atom is 0.231 e. The van der Waals surface area contributed by atoms with E-state index in [1.807, 2.05) is 0 Å². The van der Waals surface area contributed by atoms with Gasteiger partial charge in [-0.05, 0) is 6.07 Å². The summed E-state index contributed by atoms with van der Waals surface area (Å²) in [6.07, 6.45) is 5.91. The number of anilines is 2. The lowest BCUT2D eigenvalue weighted by molar-refractivity contribution is 1.04. The molecule has 0 saturated carbocycles. The smallest absolute Gasteiger partial charge is 0.231 e. The van der Waals surface area contributed by atoms with Crippen molar-refractivity contribution < 1.29 is 0 Å². The summed E-state index contributed by atoms with van der Waals surface area (Å²) in [5, 5.41) is 2.89. The van der Waals surface area contributed by atoms with Gasteiger partial charge in [-0.3, -0.25) is 0 Å². The lowest BCUT2D eigenvalue weighted by Gasteiger charge is -2.00. The third-order valence-corrected chi connectivity index (χ3v) is 1.32. The highest BCUT2D eigenvalue weighted by Crippen LogP contribution is 2.04. The van der Waals surface area contributed by atoms with Gasteiger partial charge in [0.05, 0.1) is 0 Å². The Kier molecular flexibility index (Phi) is 2.04. The number of hydrogen-bond donors (Lipinski definition) is 1. The van der Waals surface area contributed by atoms with Gasteiger partial charge in [0, 0.05) is 6.20 Å². The molecule has 0 fully saturated rings. The molecule has 0 saturated heterocycles. The Labute approximate surface area is 74.1 Å². The molecule has 0 aromatic carbocycles. The summed E-state index contributed by atoms with van der Waals surface area (Å²) in [4.78, 5) is 19.2. The van der Waals surface area contributed by atoms with E-state index in [9.17, 15) is 0 Å². The zero-order valence-corrected chi connectivity index (χ0v) is 6.62. The van der Waals surface area contributed by atoms with Crippen LogP contribution >= 0.6 is 0 Å². The Morgan fingerprint density at radius 2 is 1.69 bits per heavy atom. The van der Waals surface area contributed by atoms with Crippen LogP contribution in [0.25, 0.3) is 0 Å². The van der Waals surface area contributed by atoms with Crippen LogP contribution in [0.15, 0.2) is 31.2 Å². The van der Waals surface area contributed by atoms with E-state index in [4.69, 9.17) is 0 Å². The molecule has 0 aliphatic rings. The number of rotatable bonds is 2. The van der Waals surface area contributed by atoms with Crippen LogP contribution in [0.3, 0.4) is 0 Å². The largest absolute Gasteiger partial charge is 0.309 e. The molecule has 6 heteroatoms. The van der Waals surface area contributed by atoms with Gasteiger partial charge < -0.3 is 5.32 Å². The second-order valence-electron chi connectivity index (χ2n) is 2.18. The summed E-state index contributed by atoms with van der Waals surface area (Å²) in [6, 6.07) is 1.73. The van der Waals surface area contributed by atoms with E-state index < -0.39 is 0 Å². The molecule has 2 heterocycles. The first kappa shape index (κ1) is 7.53. The number of aromatic nitrogens is 5. The first-order valence-electron chi connectivity index (χ1n) is 3.60. The van der Waals surface area contributed by atoms with Gasteiger partial charge in [-0.2, -0.15) is 0 Å². The molecule has 0 aliphatic carbocycles. The highest BCUT2D eigenvalue weighted by Gasteiger charge is 1.94. The Bertz CT molecular complexity index is 324. The maximum absolute atomic E-state index is 3.95. The predicted octanol–water partition coefficient (Wildman–Crippen LogP) is 0.405. The van der Waals surface area contributed by atoms with Crippen molar-refractivity contribution in [1.29, 1.82) is 0 Å². The molecule has 0 aliphatic heterocycles. The van der Waals surface area contributed by atoms with Crippen molar-refractivity contribution in [1.82, 2.24) is 24.9 Å². The second kappa shape index (κ2) is 3.53. The molecule has 0 spiro atoms. The standard InChI is InChI=1S/C7H6N6/c1-2-8-3-10-6(1)13-7-11-4-9-5-12-7/h1-5H,(H,8,9,10,11,12,13). The minimum Gasteiger partial charge on any atom is -0.309 e. The normalized spacial score (nSPS) is 9.54. The monoisotopic (exact) mass is 174 g/mol. The molecule has 64 valence electrons. The van der Waals surface area contributed by atoms with Crippen LogP contribution in [0, 0.1) is 0 Å². The van der Waals surface area contributed by atoms with Crippen LogP contribution in [0.2, 0.25) is 0 Å². The van der Waals surface area contributed by atoms with Gasteiger partial charge >= 0.3 is 0 Å². The molecule has 0 amide bonds. The fourth-order valence-corrected chi connectivity index (χ4v) is 0.783. The fourth-order valence-electron chi connectivity index (χ4n) is 0.783. The van der Waals surface area contributed by atoms with E-state index in [1.165, 1.54) is 19.0 Å². The Morgan fingerprint density at radius 3 is 2.38 bits per heavy atom. The number of nitrogens with zero attached hydrogens (tertiary/aromatic N) is 5. The van der Waals surface area contributed by atoms with Crippen molar-refractivity contribution in [3.05, 3.63) is 31.2 Å². The van der Waals surface area contributed by atoms with Crippen molar-refractivity contribution in [2.45, 2.75) is 0 Å². The first-order chi connectivity index (χ1) is 6.45. The molecule has 13 heavy (non-hydrogen) atoms. The van der Waals surface area contributed by atoms with Gasteiger partial charge in [0.1, 0.15) is 24.8 Å². The molecule has 0 atom stereocenters. The van der Waals surface area contributed by atoms with E-state index in [0.717, 1.165) is 0 Å². The number of hydrogen-bond acceptors (Lipinski definition) is 6. The summed E-state index contributed by atoms with van der Waals surface area (Å²) in [5.74, 6) is 1.12. The van der Waals surface area contributed by atoms with Crippen molar-refractivity contribution in [3.8, 4) is 0 Å². The highest BCUT2D eigenvalue weighted by atomic mass is 15.2. The third kappa shape index (κ3) is 1.92. The Balaban J connectivity index is 2.16. The summed E-state index contributed by atoms with van der Waals surface area (Å²) >= 11 is 0. The molecular formula is C7H6N6. The Morgan fingerprint density at radius 1 is 0.923 bits per heavy atom. The molecule has 2 aromatic heterocycles. The van der Waals surface area contributed by atoms with Crippen molar-refractivity contribution in [3.63, 3.8) is 0 Å². The van der Waals surface area contributed by atoms with Crippen LogP contribution in [0.4, 0.5) is 11.8 Å². The van der Waals surface area contributed by atoms with Crippen molar-refractivity contribution >= 4 is 11.8 Å². The zero-order valence-electron chi connectivity index (χ0n) is 6.62. The molecule has 0 bridgehead atoms. The number of nitrogens with one attached hydrogen (secondary N) is 1. The lowest BCUT2D eigenvalue weighted by atomic mass is 10.6. The minimum absolute atomic E-state index is 0.466. The van der Waals surface area contributed by atoms with Gasteiger partial charge in [-0.1, -0.05) is 0 Å². The van der Waals surface area contributed by atoms with Gasteiger partial charge in [0.25, 0.3) is 0 Å². The minimum atomic E-state index is 0.466. The SMILES string of the molecule is c1cc(Nc2ncncn2)ncn1. The zero-order chi connectivity index (χ0) is 8.93. The average molecular weight is 174 g/mol. The third-order valence-electron chi connectivity index (χ3n) is 1.32. The quantitative estimate of drug-likeness (QED) is 0.710. The molecular weight excluding hydrogens is 168 g/mol. The van der Waals surface area contributed by atoms with Crippen molar-refractivity contribution in [2.75, 3.05) is 5.32 Å². The van der Waals surface area contributed by atoms with E-state index in [0.29, 0.717) is 11.8 Å². The molecule has 2 rings (SSSR count). The summed E-state index contributed by atoms with van der Waals surface area (Å²) in [5.41, 5.74) is 0. The van der Waals surface area contributed by atoms with Gasteiger partial charge in [0.15, 0.2) is 0 Å². The molecule has 2 aromatic rings. The van der Waals surface area contributed by atoms with Crippen LogP contribution in [0.1, 0.15) is 0 Å². The average Bonchev–Trinajstić information content (AvgIpc) is 2.21.